The van der Waals surface area contributed by atoms with Crippen molar-refractivity contribution < 1.29 is 18.7 Å². The summed E-state index contributed by atoms with van der Waals surface area (Å²) in [6.45, 7) is 3.25. The van der Waals surface area contributed by atoms with Crippen molar-refractivity contribution in [2.75, 3.05) is 19.5 Å². The minimum Gasteiger partial charge on any atom is -0.497 e. The highest BCUT2D eigenvalue weighted by Crippen LogP contribution is 2.21. The number of halogens is 1. The van der Waals surface area contributed by atoms with Crippen molar-refractivity contribution in [3.63, 3.8) is 0 Å². The molecule has 0 saturated heterocycles. The van der Waals surface area contributed by atoms with Gasteiger partial charge in [-0.3, -0.25) is 4.79 Å². The second-order valence-corrected chi connectivity index (χ2v) is 4.05. The fourth-order valence-electron chi connectivity index (χ4n) is 1.13. The molecule has 1 amide bonds. The highest BCUT2D eigenvalue weighted by molar-refractivity contribution is 5.96. The Morgan fingerprint density at radius 2 is 1.94 bits per heavy atom. The molecule has 1 N–H and O–H groups in total. The molecule has 1 rings (SSSR count). The molecule has 0 atom stereocenters. The van der Waals surface area contributed by atoms with Crippen molar-refractivity contribution in [2.24, 2.45) is 0 Å². The van der Waals surface area contributed by atoms with Gasteiger partial charge in [0.1, 0.15) is 17.2 Å². The lowest BCUT2D eigenvalue weighted by molar-refractivity contribution is -0.133. The Kier molecular flexibility index (Phi) is 4.07. The topological polar surface area (TPSA) is 47.6 Å². The Morgan fingerprint density at radius 3 is 2.47 bits per heavy atom. The van der Waals surface area contributed by atoms with Crippen LogP contribution in [0.2, 0.25) is 0 Å². The standard InChI is InChI=1S/C12H16FNO3/c1-12(2,17-4)11(15)14-9-5-8(13)6-10(7-9)16-3/h5-7H,1-4H3,(H,14,15). The van der Waals surface area contributed by atoms with Gasteiger partial charge in [0.05, 0.1) is 7.11 Å². The van der Waals surface area contributed by atoms with Crippen LogP contribution >= 0.6 is 0 Å². The third-order valence-corrected chi connectivity index (χ3v) is 2.42. The summed E-state index contributed by atoms with van der Waals surface area (Å²) in [6, 6.07) is 3.98. The average molecular weight is 241 g/mol. The molecule has 0 unspecified atom stereocenters. The van der Waals surface area contributed by atoms with E-state index in [0.29, 0.717) is 11.4 Å². The van der Waals surface area contributed by atoms with Crippen LogP contribution in [-0.4, -0.2) is 25.7 Å². The largest absolute Gasteiger partial charge is 0.497 e. The zero-order valence-corrected chi connectivity index (χ0v) is 10.3. The van der Waals surface area contributed by atoms with Crippen molar-refractivity contribution >= 4 is 11.6 Å². The van der Waals surface area contributed by atoms with Gasteiger partial charge < -0.3 is 14.8 Å². The molecule has 0 aliphatic carbocycles. The van der Waals surface area contributed by atoms with E-state index >= 15 is 0 Å². The summed E-state index contributed by atoms with van der Waals surface area (Å²) in [5.41, 5.74) is -0.642. The molecular formula is C12H16FNO3. The lowest BCUT2D eigenvalue weighted by Crippen LogP contribution is -2.38. The number of carbonyl (C=O) groups is 1. The van der Waals surface area contributed by atoms with Crippen molar-refractivity contribution in [2.45, 2.75) is 19.4 Å². The minimum absolute atomic E-state index is 0.331. The van der Waals surface area contributed by atoms with E-state index in [4.69, 9.17) is 9.47 Å². The van der Waals surface area contributed by atoms with E-state index in [1.807, 2.05) is 0 Å². The van der Waals surface area contributed by atoms with E-state index in [1.165, 1.54) is 32.4 Å². The van der Waals surface area contributed by atoms with Crippen LogP contribution in [0.3, 0.4) is 0 Å². The van der Waals surface area contributed by atoms with Gasteiger partial charge >= 0.3 is 0 Å². The third-order valence-electron chi connectivity index (χ3n) is 2.42. The Balaban J connectivity index is 2.88. The molecule has 1 aromatic rings. The minimum atomic E-state index is -0.973. The summed E-state index contributed by atoms with van der Waals surface area (Å²) in [6.07, 6.45) is 0. The lowest BCUT2D eigenvalue weighted by Gasteiger charge is -2.21. The normalized spacial score (nSPS) is 11.1. The predicted octanol–water partition coefficient (Wildman–Crippen LogP) is 2.20. The SMILES string of the molecule is COc1cc(F)cc(NC(=O)C(C)(C)OC)c1. The number of nitrogens with one attached hydrogen (secondary N) is 1. The highest BCUT2D eigenvalue weighted by Gasteiger charge is 2.27. The van der Waals surface area contributed by atoms with Gasteiger partial charge in [0.2, 0.25) is 0 Å². The van der Waals surface area contributed by atoms with Crippen LogP contribution in [0.15, 0.2) is 18.2 Å². The van der Waals surface area contributed by atoms with Gasteiger partial charge in [0.15, 0.2) is 0 Å². The molecule has 1 aromatic carbocycles. The van der Waals surface area contributed by atoms with Gasteiger partial charge in [-0.1, -0.05) is 0 Å². The molecule has 17 heavy (non-hydrogen) atoms. The first-order valence-electron chi connectivity index (χ1n) is 5.10. The van der Waals surface area contributed by atoms with Gasteiger partial charge in [-0.05, 0) is 19.9 Å². The number of benzene rings is 1. The summed E-state index contributed by atoms with van der Waals surface area (Å²) < 4.78 is 23.1. The molecule has 0 fully saturated rings. The second kappa shape index (κ2) is 5.14. The predicted molar refractivity (Wildman–Crippen MR) is 62.7 cm³/mol. The fraction of sp³-hybridized carbons (Fsp3) is 0.417. The maximum Gasteiger partial charge on any atom is 0.256 e. The van der Waals surface area contributed by atoms with Crippen LogP contribution in [-0.2, 0) is 9.53 Å². The van der Waals surface area contributed by atoms with Gasteiger partial charge in [0.25, 0.3) is 5.91 Å². The first-order valence-corrected chi connectivity index (χ1v) is 5.10. The molecule has 0 aliphatic rings. The van der Waals surface area contributed by atoms with Gasteiger partial charge in [-0.25, -0.2) is 4.39 Å². The van der Waals surface area contributed by atoms with Crippen molar-refractivity contribution in [1.29, 1.82) is 0 Å². The van der Waals surface area contributed by atoms with E-state index < -0.39 is 11.4 Å². The van der Waals surface area contributed by atoms with Gasteiger partial charge in [-0.15, -0.1) is 0 Å². The monoisotopic (exact) mass is 241 g/mol. The number of methoxy groups -OCH3 is 2. The summed E-state index contributed by atoms with van der Waals surface area (Å²) in [5.74, 6) is -0.488. The van der Waals surface area contributed by atoms with Crippen molar-refractivity contribution in [3.05, 3.63) is 24.0 Å². The number of amides is 1. The molecule has 0 spiro atoms. The molecule has 0 bridgehead atoms. The summed E-state index contributed by atoms with van der Waals surface area (Å²) >= 11 is 0. The first kappa shape index (κ1) is 13.4. The molecule has 0 saturated carbocycles. The third kappa shape index (κ3) is 3.42. The number of anilines is 1. The van der Waals surface area contributed by atoms with E-state index in [0.717, 1.165) is 0 Å². The highest BCUT2D eigenvalue weighted by atomic mass is 19.1. The molecular weight excluding hydrogens is 225 g/mol. The van der Waals surface area contributed by atoms with E-state index in [-0.39, 0.29) is 5.91 Å². The summed E-state index contributed by atoms with van der Waals surface area (Å²) in [5, 5.41) is 2.56. The Bertz CT molecular complexity index is 418. The number of ether oxygens (including phenoxy) is 2. The summed E-state index contributed by atoms with van der Waals surface area (Å²) in [4.78, 5) is 11.8. The number of rotatable bonds is 4. The number of carbonyl (C=O) groups excluding carboxylic acids is 1. The molecule has 4 nitrogen and oxygen atoms in total. The Morgan fingerprint density at radius 1 is 1.29 bits per heavy atom. The first-order chi connectivity index (χ1) is 7.89. The van der Waals surface area contributed by atoms with E-state index in [1.54, 1.807) is 13.8 Å². The van der Waals surface area contributed by atoms with Gasteiger partial charge in [-0.2, -0.15) is 0 Å². The van der Waals surface area contributed by atoms with Crippen LogP contribution in [0.25, 0.3) is 0 Å². The Labute approximate surface area is 99.7 Å². The van der Waals surface area contributed by atoms with Crippen LogP contribution in [0, 0.1) is 5.82 Å². The van der Waals surface area contributed by atoms with Crippen molar-refractivity contribution in [1.82, 2.24) is 0 Å². The van der Waals surface area contributed by atoms with E-state index in [9.17, 15) is 9.18 Å². The van der Waals surface area contributed by atoms with Crippen LogP contribution in [0.1, 0.15) is 13.8 Å². The molecule has 0 aliphatic heterocycles. The zero-order chi connectivity index (χ0) is 13.1. The molecule has 5 heteroatoms. The molecule has 94 valence electrons. The van der Waals surface area contributed by atoms with E-state index in [2.05, 4.69) is 5.32 Å². The average Bonchev–Trinajstić information content (AvgIpc) is 2.28. The van der Waals surface area contributed by atoms with Crippen LogP contribution < -0.4 is 10.1 Å². The van der Waals surface area contributed by atoms with Crippen LogP contribution in [0.4, 0.5) is 10.1 Å². The smallest absolute Gasteiger partial charge is 0.256 e. The van der Waals surface area contributed by atoms with Crippen molar-refractivity contribution in [3.8, 4) is 5.75 Å². The quantitative estimate of drug-likeness (QED) is 0.879. The Hall–Kier alpha value is -1.62. The summed E-state index contributed by atoms with van der Waals surface area (Å²) in [7, 11) is 2.87. The molecule has 0 radical (unpaired) electrons. The van der Waals surface area contributed by atoms with Gasteiger partial charge in [0, 0.05) is 24.9 Å². The maximum atomic E-state index is 13.2. The fourth-order valence-corrected chi connectivity index (χ4v) is 1.13. The lowest BCUT2D eigenvalue weighted by atomic mass is 10.1. The number of hydrogen-bond acceptors (Lipinski definition) is 3. The molecule has 0 heterocycles. The maximum absolute atomic E-state index is 13.2. The van der Waals surface area contributed by atoms with Crippen LogP contribution in [0.5, 0.6) is 5.75 Å². The number of hydrogen-bond donors (Lipinski definition) is 1. The second-order valence-electron chi connectivity index (χ2n) is 4.05. The molecule has 0 aromatic heterocycles. The zero-order valence-electron chi connectivity index (χ0n) is 10.3.